The molecule has 0 atom stereocenters. The number of hydrogen-bond acceptors (Lipinski definition) is 3. The molecule has 0 aromatic carbocycles. The highest BCUT2D eigenvalue weighted by molar-refractivity contribution is 5.01. The van der Waals surface area contributed by atoms with Gasteiger partial charge in [0.1, 0.15) is 0 Å². The lowest BCUT2D eigenvalue weighted by Gasteiger charge is -2.04. The summed E-state index contributed by atoms with van der Waals surface area (Å²) in [5.74, 6) is 0. The molecule has 0 saturated heterocycles. The summed E-state index contributed by atoms with van der Waals surface area (Å²) < 4.78 is 0. The van der Waals surface area contributed by atoms with Gasteiger partial charge in [0.05, 0.1) is 11.4 Å². The van der Waals surface area contributed by atoms with Crippen LogP contribution in [0.2, 0.25) is 0 Å². The van der Waals surface area contributed by atoms with E-state index in [4.69, 9.17) is 0 Å². The topological polar surface area (TPSA) is 37.8 Å². The van der Waals surface area contributed by atoms with Gasteiger partial charge in [-0.3, -0.25) is 9.97 Å². The van der Waals surface area contributed by atoms with Crippen LogP contribution in [0, 0.1) is 6.92 Å². The summed E-state index contributed by atoms with van der Waals surface area (Å²) in [6, 6.07) is 0. The monoisotopic (exact) mass is 191 g/mol. The SMILES string of the molecule is C=C(CC)CNCc1cnc(C)cn1. The Morgan fingerprint density at radius 1 is 1.43 bits per heavy atom. The van der Waals surface area contributed by atoms with Crippen molar-refractivity contribution in [2.45, 2.75) is 26.8 Å². The zero-order chi connectivity index (χ0) is 10.4. The standard InChI is InChI=1S/C11H17N3/c1-4-9(2)5-12-7-11-8-13-10(3)6-14-11/h6,8,12H,2,4-5,7H2,1,3H3. The zero-order valence-corrected chi connectivity index (χ0v) is 8.88. The molecule has 0 aliphatic carbocycles. The van der Waals surface area contributed by atoms with Gasteiger partial charge in [0.2, 0.25) is 0 Å². The van der Waals surface area contributed by atoms with Crippen LogP contribution < -0.4 is 5.32 Å². The highest BCUT2D eigenvalue weighted by atomic mass is 14.9. The van der Waals surface area contributed by atoms with Gasteiger partial charge in [-0.1, -0.05) is 19.1 Å². The Kier molecular flexibility index (Phi) is 4.26. The summed E-state index contributed by atoms with van der Waals surface area (Å²) in [5, 5.41) is 3.27. The predicted octanol–water partition coefficient (Wildman–Crippen LogP) is 1.84. The molecule has 0 aliphatic heterocycles. The van der Waals surface area contributed by atoms with Crippen molar-refractivity contribution in [3.63, 3.8) is 0 Å². The Labute approximate surface area is 85.3 Å². The highest BCUT2D eigenvalue weighted by Crippen LogP contribution is 1.96. The molecule has 3 heteroatoms. The Balaban J connectivity index is 2.31. The third-order valence-corrected chi connectivity index (χ3v) is 2.02. The third kappa shape index (κ3) is 3.66. The Hall–Kier alpha value is -1.22. The van der Waals surface area contributed by atoms with E-state index in [0.717, 1.165) is 30.9 Å². The van der Waals surface area contributed by atoms with Crippen molar-refractivity contribution < 1.29 is 0 Å². The maximum absolute atomic E-state index is 4.25. The predicted molar refractivity (Wildman–Crippen MR) is 57.9 cm³/mol. The van der Waals surface area contributed by atoms with Gasteiger partial charge in [0.25, 0.3) is 0 Å². The minimum absolute atomic E-state index is 0.756. The van der Waals surface area contributed by atoms with Crippen LogP contribution in [0.3, 0.4) is 0 Å². The van der Waals surface area contributed by atoms with E-state index >= 15 is 0 Å². The number of nitrogens with one attached hydrogen (secondary N) is 1. The minimum Gasteiger partial charge on any atom is -0.307 e. The minimum atomic E-state index is 0.756. The molecule has 0 amide bonds. The highest BCUT2D eigenvalue weighted by Gasteiger charge is 1.95. The molecule has 0 radical (unpaired) electrons. The van der Waals surface area contributed by atoms with Crippen LogP contribution in [0.1, 0.15) is 24.7 Å². The molecule has 0 aliphatic rings. The van der Waals surface area contributed by atoms with Gasteiger partial charge < -0.3 is 5.32 Å². The van der Waals surface area contributed by atoms with E-state index in [1.165, 1.54) is 5.57 Å². The molecule has 1 aromatic rings. The average Bonchev–Trinajstić information content (AvgIpc) is 2.21. The normalized spacial score (nSPS) is 10.1. The van der Waals surface area contributed by atoms with Crippen molar-refractivity contribution in [3.05, 3.63) is 35.9 Å². The molecular formula is C11H17N3. The van der Waals surface area contributed by atoms with Crippen molar-refractivity contribution in [1.82, 2.24) is 15.3 Å². The lowest BCUT2D eigenvalue weighted by Crippen LogP contribution is -2.16. The fourth-order valence-electron chi connectivity index (χ4n) is 1.00. The second-order valence-electron chi connectivity index (χ2n) is 3.36. The summed E-state index contributed by atoms with van der Waals surface area (Å²) in [6.07, 6.45) is 4.61. The molecule has 0 unspecified atom stereocenters. The van der Waals surface area contributed by atoms with Crippen molar-refractivity contribution in [3.8, 4) is 0 Å². The molecule has 0 fully saturated rings. The number of aromatic nitrogens is 2. The lowest BCUT2D eigenvalue weighted by molar-refractivity contribution is 0.707. The molecule has 0 saturated carbocycles. The molecule has 1 N–H and O–H groups in total. The van der Waals surface area contributed by atoms with Crippen LogP contribution in [-0.2, 0) is 6.54 Å². The van der Waals surface area contributed by atoms with E-state index in [1.54, 1.807) is 12.4 Å². The van der Waals surface area contributed by atoms with Crippen molar-refractivity contribution in [1.29, 1.82) is 0 Å². The Bertz CT molecular complexity index is 290. The number of rotatable bonds is 5. The fourth-order valence-corrected chi connectivity index (χ4v) is 1.00. The summed E-state index contributed by atoms with van der Waals surface area (Å²) in [7, 11) is 0. The van der Waals surface area contributed by atoms with Crippen LogP contribution in [0.4, 0.5) is 0 Å². The van der Waals surface area contributed by atoms with E-state index in [9.17, 15) is 0 Å². The fraction of sp³-hybridized carbons (Fsp3) is 0.455. The molecule has 76 valence electrons. The number of hydrogen-bond donors (Lipinski definition) is 1. The first-order valence-electron chi connectivity index (χ1n) is 4.87. The van der Waals surface area contributed by atoms with Crippen LogP contribution in [0.25, 0.3) is 0 Å². The summed E-state index contributed by atoms with van der Waals surface area (Å²) in [4.78, 5) is 8.42. The molecule has 1 heterocycles. The van der Waals surface area contributed by atoms with Gasteiger partial charge in [0.15, 0.2) is 0 Å². The first kappa shape index (κ1) is 10.9. The van der Waals surface area contributed by atoms with E-state index in [-0.39, 0.29) is 0 Å². The van der Waals surface area contributed by atoms with Gasteiger partial charge in [-0.2, -0.15) is 0 Å². The van der Waals surface area contributed by atoms with E-state index in [0.29, 0.717) is 0 Å². The zero-order valence-electron chi connectivity index (χ0n) is 8.88. The molecule has 0 bridgehead atoms. The summed E-state index contributed by atoms with van der Waals surface area (Å²) in [5.41, 5.74) is 3.14. The number of nitrogens with zero attached hydrogens (tertiary/aromatic N) is 2. The van der Waals surface area contributed by atoms with Crippen molar-refractivity contribution >= 4 is 0 Å². The maximum atomic E-state index is 4.25. The van der Waals surface area contributed by atoms with Crippen molar-refractivity contribution in [2.24, 2.45) is 0 Å². The molecule has 0 spiro atoms. The van der Waals surface area contributed by atoms with Crippen LogP contribution >= 0.6 is 0 Å². The van der Waals surface area contributed by atoms with Crippen LogP contribution in [-0.4, -0.2) is 16.5 Å². The molecular weight excluding hydrogens is 174 g/mol. The van der Waals surface area contributed by atoms with Gasteiger partial charge >= 0.3 is 0 Å². The smallest absolute Gasteiger partial charge is 0.0724 e. The van der Waals surface area contributed by atoms with Gasteiger partial charge in [-0.05, 0) is 13.3 Å². The second-order valence-corrected chi connectivity index (χ2v) is 3.36. The summed E-state index contributed by atoms with van der Waals surface area (Å²) in [6.45, 7) is 9.57. The van der Waals surface area contributed by atoms with Crippen LogP contribution in [0.15, 0.2) is 24.5 Å². The molecule has 3 nitrogen and oxygen atoms in total. The van der Waals surface area contributed by atoms with Crippen LogP contribution in [0.5, 0.6) is 0 Å². The van der Waals surface area contributed by atoms with Gasteiger partial charge in [0, 0.05) is 25.5 Å². The number of aryl methyl sites for hydroxylation is 1. The third-order valence-electron chi connectivity index (χ3n) is 2.02. The average molecular weight is 191 g/mol. The molecule has 1 aromatic heterocycles. The second kappa shape index (κ2) is 5.50. The lowest BCUT2D eigenvalue weighted by atomic mass is 10.2. The summed E-state index contributed by atoms with van der Waals surface area (Å²) >= 11 is 0. The van der Waals surface area contributed by atoms with E-state index < -0.39 is 0 Å². The van der Waals surface area contributed by atoms with E-state index in [2.05, 4.69) is 28.8 Å². The first-order chi connectivity index (χ1) is 6.72. The van der Waals surface area contributed by atoms with E-state index in [1.807, 2.05) is 6.92 Å². The van der Waals surface area contributed by atoms with Gasteiger partial charge in [-0.25, -0.2) is 0 Å². The maximum Gasteiger partial charge on any atom is 0.0724 e. The quantitative estimate of drug-likeness (QED) is 0.722. The Morgan fingerprint density at radius 3 is 2.79 bits per heavy atom. The molecule has 1 rings (SSSR count). The molecule has 14 heavy (non-hydrogen) atoms. The largest absolute Gasteiger partial charge is 0.307 e. The van der Waals surface area contributed by atoms with Crippen molar-refractivity contribution in [2.75, 3.05) is 6.54 Å². The Morgan fingerprint density at radius 2 is 2.21 bits per heavy atom. The van der Waals surface area contributed by atoms with Gasteiger partial charge in [-0.15, -0.1) is 0 Å². The first-order valence-corrected chi connectivity index (χ1v) is 4.87.